The second-order valence-electron chi connectivity index (χ2n) is 5.67. The monoisotopic (exact) mass is 302 g/mol. The highest BCUT2D eigenvalue weighted by Crippen LogP contribution is 2.24. The molecule has 116 valence electrons. The number of anilines is 2. The second kappa shape index (κ2) is 5.88. The number of hydrogen-bond acceptors (Lipinski definition) is 5. The average Bonchev–Trinajstić information content (AvgIpc) is 2.87. The van der Waals surface area contributed by atoms with Crippen molar-refractivity contribution in [1.82, 2.24) is 9.97 Å². The zero-order chi connectivity index (χ0) is 15.7. The van der Waals surface area contributed by atoms with Crippen LogP contribution in [0.4, 0.5) is 16.0 Å². The molecule has 1 saturated heterocycles. The van der Waals surface area contributed by atoms with E-state index in [9.17, 15) is 9.50 Å². The Balaban J connectivity index is 1.85. The van der Waals surface area contributed by atoms with Crippen LogP contribution in [0.5, 0.6) is 0 Å². The summed E-state index contributed by atoms with van der Waals surface area (Å²) in [6, 6.07) is 9.87. The standard InChI is InChI=1S/C16H19FN4O/c1-20(2)12-5-3-11(4-6-12)14-7-8-18-16(19-14)21-9-13(17)15(22)10-21/h3-8,13,15,22H,9-10H2,1-2H3/t13-,15-/m1/s1. The average molecular weight is 302 g/mol. The van der Waals surface area contributed by atoms with Crippen LogP contribution in [0.3, 0.4) is 0 Å². The fraction of sp³-hybridized carbons (Fsp3) is 0.375. The minimum absolute atomic E-state index is 0.129. The number of nitrogens with zero attached hydrogens (tertiary/aromatic N) is 4. The number of benzene rings is 1. The molecule has 0 amide bonds. The van der Waals surface area contributed by atoms with Gasteiger partial charge in [-0.05, 0) is 18.2 Å². The largest absolute Gasteiger partial charge is 0.388 e. The molecule has 0 saturated carbocycles. The van der Waals surface area contributed by atoms with Gasteiger partial charge in [0, 0.05) is 38.1 Å². The van der Waals surface area contributed by atoms with E-state index in [1.807, 2.05) is 49.3 Å². The quantitative estimate of drug-likeness (QED) is 0.936. The molecule has 3 rings (SSSR count). The van der Waals surface area contributed by atoms with Gasteiger partial charge in [0.1, 0.15) is 12.3 Å². The number of rotatable bonds is 3. The number of β-amino-alcohol motifs (C(OH)–C–C–N with tert-alkyl or cyclic N) is 1. The molecule has 0 radical (unpaired) electrons. The second-order valence-corrected chi connectivity index (χ2v) is 5.67. The van der Waals surface area contributed by atoms with E-state index in [4.69, 9.17) is 0 Å². The number of aromatic nitrogens is 2. The molecule has 1 fully saturated rings. The van der Waals surface area contributed by atoms with Crippen molar-refractivity contribution in [2.24, 2.45) is 0 Å². The molecule has 1 aliphatic heterocycles. The van der Waals surface area contributed by atoms with Crippen molar-refractivity contribution in [1.29, 1.82) is 0 Å². The fourth-order valence-electron chi connectivity index (χ4n) is 2.50. The van der Waals surface area contributed by atoms with Gasteiger partial charge in [0.05, 0.1) is 12.2 Å². The molecule has 0 unspecified atom stereocenters. The minimum Gasteiger partial charge on any atom is -0.388 e. The molecule has 5 nitrogen and oxygen atoms in total. The molecule has 2 aromatic rings. The van der Waals surface area contributed by atoms with Crippen molar-refractivity contribution < 1.29 is 9.50 Å². The molecule has 0 aliphatic carbocycles. The van der Waals surface area contributed by atoms with Crippen LogP contribution >= 0.6 is 0 Å². The van der Waals surface area contributed by atoms with Gasteiger partial charge < -0.3 is 14.9 Å². The lowest BCUT2D eigenvalue weighted by Gasteiger charge is -2.16. The number of alkyl halides is 1. The summed E-state index contributed by atoms with van der Waals surface area (Å²) in [5.41, 5.74) is 2.87. The smallest absolute Gasteiger partial charge is 0.226 e. The molecule has 22 heavy (non-hydrogen) atoms. The lowest BCUT2D eigenvalue weighted by molar-refractivity contribution is 0.118. The number of halogens is 1. The van der Waals surface area contributed by atoms with Gasteiger partial charge >= 0.3 is 0 Å². The zero-order valence-electron chi connectivity index (χ0n) is 12.6. The van der Waals surface area contributed by atoms with Crippen LogP contribution in [-0.4, -0.2) is 54.5 Å². The minimum atomic E-state index is -1.24. The maximum absolute atomic E-state index is 13.4. The Morgan fingerprint density at radius 2 is 1.91 bits per heavy atom. The highest BCUT2D eigenvalue weighted by molar-refractivity contribution is 5.63. The Labute approximate surface area is 129 Å². The summed E-state index contributed by atoms with van der Waals surface area (Å²) in [4.78, 5) is 12.4. The normalized spacial score (nSPS) is 21.2. The van der Waals surface area contributed by atoms with Crippen LogP contribution in [-0.2, 0) is 0 Å². The molecule has 1 aliphatic rings. The summed E-state index contributed by atoms with van der Waals surface area (Å²) in [5.74, 6) is 0.452. The summed E-state index contributed by atoms with van der Waals surface area (Å²) in [7, 11) is 3.98. The molecule has 0 bridgehead atoms. The van der Waals surface area contributed by atoms with E-state index in [2.05, 4.69) is 9.97 Å². The molecular formula is C16H19FN4O. The lowest BCUT2D eigenvalue weighted by Crippen LogP contribution is -2.23. The molecule has 1 aromatic heterocycles. The third-order valence-electron chi connectivity index (χ3n) is 3.82. The van der Waals surface area contributed by atoms with E-state index in [1.165, 1.54) is 0 Å². The van der Waals surface area contributed by atoms with Crippen molar-refractivity contribution in [3.63, 3.8) is 0 Å². The van der Waals surface area contributed by atoms with Gasteiger partial charge in [0.15, 0.2) is 0 Å². The molecular weight excluding hydrogens is 283 g/mol. The lowest BCUT2D eigenvalue weighted by atomic mass is 10.1. The third-order valence-corrected chi connectivity index (χ3v) is 3.82. The molecule has 0 spiro atoms. The first-order chi connectivity index (χ1) is 10.5. The Morgan fingerprint density at radius 1 is 1.18 bits per heavy atom. The van der Waals surface area contributed by atoms with Crippen LogP contribution in [0.15, 0.2) is 36.5 Å². The fourth-order valence-corrected chi connectivity index (χ4v) is 2.50. The van der Waals surface area contributed by atoms with Gasteiger partial charge in [-0.15, -0.1) is 0 Å². The van der Waals surface area contributed by atoms with Crippen molar-refractivity contribution in [2.45, 2.75) is 12.3 Å². The van der Waals surface area contributed by atoms with Crippen LogP contribution in [0.25, 0.3) is 11.3 Å². The third kappa shape index (κ3) is 2.87. The van der Waals surface area contributed by atoms with E-state index in [0.717, 1.165) is 16.9 Å². The van der Waals surface area contributed by atoms with E-state index < -0.39 is 12.3 Å². The van der Waals surface area contributed by atoms with Gasteiger partial charge in [-0.1, -0.05) is 12.1 Å². The van der Waals surface area contributed by atoms with E-state index in [-0.39, 0.29) is 13.1 Å². The Hall–Kier alpha value is -2.21. The van der Waals surface area contributed by atoms with Crippen molar-refractivity contribution in [3.05, 3.63) is 36.5 Å². The van der Waals surface area contributed by atoms with Crippen LogP contribution < -0.4 is 9.80 Å². The topological polar surface area (TPSA) is 52.5 Å². The molecule has 2 heterocycles. The summed E-state index contributed by atoms with van der Waals surface area (Å²) >= 11 is 0. The maximum atomic E-state index is 13.4. The maximum Gasteiger partial charge on any atom is 0.226 e. The number of aliphatic hydroxyl groups is 1. The van der Waals surface area contributed by atoms with Gasteiger partial charge in [-0.2, -0.15) is 0 Å². The van der Waals surface area contributed by atoms with Gasteiger partial charge in [0.25, 0.3) is 0 Å². The van der Waals surface area contributed by atoms with Crippen molar-refractivity contribution in [3.8, 4) is 11.3 Å². The van der Waals surface area contributed by atoms with Gasteiger partial charge in [-0.3, -0.25) is 0 Å². The summed E-state index contributed by atoms with van der Waals surface area (Å²) in [5, 5.41) is 9.52. The molecule has 6 heteroatoms. The Kier molecular flexibility index (Phi) is 3.94. The highest BCUT2D eigenvalue weighted by atomic mass is 19.1. The van der Waals surface area contributed by atoms with Gasteiger partial charge in [0.2, 0.25) is 5.95 Å². The molecule has 2 atom stereocenters. The first kappa shape index (κ1) is 14.7. The summed E-state index contributed by atoms with van der Waals surface area (Å²) in [6.07, 6.45) is -0.548. The van der Waals surface area contributed by atoms with E-state index in [0.29, 0.717) is 5.95 Å². The number of aliphatic hydroxyl groups excluding tert-OH is 1. The SMILES string of the molecule is CN(C)c1ccc(-c2ccnc(N3C[C@@H](O)[C@H](F)C3)n2)cc1. The van der Waals surface area contributed by atoms with Crippen molar-refractivity contribution >= 4 is 11.6 Å². The van der Waals surface area contributed by atoms with E-state index >= 15 is 0 Å². The summed E-state index contributed by atoms with van der Waals surface area (Å²) in [6.45, 7) is 0.356. The molecule has 1 N–H and O–H groups in total. The van der Waals surface area contributed by atoms with Gasteiger partial charge in [-0.25, -0.2) is 14.4 Å². The van der Waals surface area contributed by atoms with E-state index in [1.54, 1.807) is 11.1 Å². The molecule has 1 aromatic carbocycles. The zero-order valence-corrected chi connectivity index (χ0v) is 12.6. The van der Waals surface area contributed by atoms with Crippen LogP contribution in [0.2, 0.25) is 0 Å². The van der Waals surface area contributed by atoms with Crippen LogP contribution in [0, 0.1) is 0 Å². The van der Waals surface area contributed by atoms with Crippen LogP contribution in [0.1, 0.15) is 0 Å². The Bertz CT molecular complexity index is 637. The predicted molar refractivity (Wildman–Crippen MR) is 84.9 cm³/mol. The predicted octanol–water partition coefficient (Wildman–Crippen LogP) is 1.73. The highest BCUT2D eigenvalue weighted by Gasteiger charge is 2.32. The van der Waals surface area contributed by atoms with Crippen molar-refractivity contribution in [2.75, 3.05) is 37.0 Å². The first-order valence-corrected chi connectivity index (χ1v) is 7.22. The number of hydrogen-bond donors (Lipinski definition) is 1. The summed E-state index contributed by atoms with van der Waals surface area (Å²) < 4.78 is 13.4. The Morgan fingerprint density at radius 3 is 2.50 bits per heavy atom. The first-order valence-electron chi connectivity index (χ1n) is 7.22.